The summed E-state index contributed by atoms with van der Waals surface area (Å²) in [4.78, 5) is 21.0. The van der Waals surface area contributed by atoms with E-state index in [1.165, 1.54) is 9.78 Å². The molecule has 10 heteroatoms. The summed E-state index contributed by atoms with van der Waals surface area (Å²) in [6.07, 6.45) is 1.40. The highest BCUT2D eigenvalue weighted by molar-refractivity contribution is 7.90. The van der Waals surface area contributed by atoms with E-state index in [9.17, 15) is 13.2 Å². The molecule has 1 atom stereocenters. The molecule has 152 valence electrons. The van der Waals surface area contributed by atoms with E-state index in [1.807, 2.05) is 16.3 Å². The number of carbonyl (C=O) groups excluding carboxylic acids is 1. The van der Waals surface area contributed by atoms with Crippen LogP contribution in [0, 0.1) is 0 Å². The predicted molar refractivity (Wildman–Crippen MR) is 110 cm³/mol. The number of hydrogen-bond acceptors (Lipinski definition) is 5. The van der Waals surface area contributed by atoms with Gasteiger partial charge in [0, 0.05) is 45.2 Å². The molecule has 1 aliphatic heterocycles. The summed E-state index contributed by atoms with van der Waals surface area (Å²) in [7, 11) is 0.0571. The van der Waals surface area contributed by atoms with E-state index < -0.39 is 15.3 Å². The fourth-order valence-corrected chi connectivity index (χ4v) is 4.94. The van der Waals surface area contributed by atoms with Gasteiger partial charge in [-0.05, 0) is 24.3 Å². The Bertz CT molecular complexity index is 732. The Morgan fingerprint density at radius 3 is 2.85 bits per heavy atom. The third kappa shape index (κ3) is 6.47. The van der Waals surface area contributed by atoms with E-state index in [0.29, 0.717) is 38.6 Å². The molecular weight excluding hydrogens is 386 g/mol. The van der Waals surface area contributed by atoms with Gasteiger partial charge in [0.25, 0.3) is 0 Å². The fourth-order valence-electron chi connectivity index (χ4n) is 2.80. The lowest BCUT2D eigenvalue weighted by atomic mass is 10.3. The van der Waals surface area contributed by atoms with Crippen LogP contribution in [0.5, 0.6) is 0 Å². The number of likely N-dealkylation sites (tertiary alicyclic amines) is 1. The second-order valence-electron chi connectivity index (χ2n) is 6.58. The molecule has 1 saturated heterocycles. The third-order valence-electron chi connectivity index (χ3n) is 4.33. The van der Waals surface area contributed by atoms with Gasteiger partial charge in [-0.3, -0.25) is 4.79 Å². The van der Waals surface area contributed by atoms with Gasteiger partial charge in [-0.25, -0.2) is 18.1 Å². The molecule has 0 spiro atoms. The molecule has 0 radical (unpaired) electrons. The molecule has 1 unspecified atom stereocenters. The van der Waals surface area contributed by atoms with Crippen LogP contribution in [0.3, 0.4) is 0 Å². The first-order valence-electron chi connectivity index (χ1n) is 9.07. The van der Waals surface area contributed by atoms with Crippen LogP contribution in [0.2, 0.25) is 0 Å². The lowest BCUT2D eigenvalue weighted by Crippen LogP contribution is -2.43. The van der Waals surface area contributed by atoms with E-state index in [2.05, 4.69) is 21.1 Å². The van der Waals surface area contributed by atoms with Gasteiger partial charge in [0.15, 0.2) is 5.96 Å². The second kappa shape index (κ2) is 10.0. The number of amides is 1. The van der Waals surface area contributed by atoms with Gasteiger partial charge in [0.2, 0.25) is 15.9 Å². The van der Waals surface area contributed by atoms with E-state index >= 15 is 0 Å². The minimum atomic E-state index is -3.33. The first-order valence-corrected chi connectivity index (χ1v) is 11.5. The molecule has 2 N–H and O–H groups in total. The van der Waals surface area contributed by atoms with E-state index in [1.54, 1.807) is 32.4 Å². The summed E-state index contributed by atoms with van der Waals surface area (Å²) in [6, 6.07) is 4.09. The number of thiophene rings is 1. The zero-order valence-corrected chi connectivity index (χ0v) is 17.8. The molecular formula is C17H29N5O3S2. The molecule has 27 heavy (non-hydrogen) atoms. The van der Waals surface area contributed by atoms with Crippen molar-refractivity contribution in [2.24, 2.45) is 4.99 Å². The number of carbonyl (C=O) groups is 1. The molecule has 0 aromatic carbocycles. The molecule has 2 rings (SSSR count). The quantitative estimate of drug-likeness (QED) is 0.472. The molecule has 0 bridgehead atoms. The highest BCUT2D eigenvalue weighted by Gasteiger charge is 2.34. The van der Waals surface area contributed by atoms with Gasteiger partial charge < -0.3 is 15.1 Å². The van der Waals surface area contributed by atoms with Crippen LogP contribution in [-0.2, 0) is 21.2 Å². The maximum Gasteiger partial charge on any atom is 0.243 e. The van der Waals surface area contributed by atoms with Crippen molar-refractivity contribution in [1.82, 2.24) is 19.8 Å². The van der Waals surface area contributed by atoms with Crippen molar-refractivity contribution in [3.63, 3.8) is 0 Å². The van der Waals surface area contributed by atoms with Crippen LogP contribution in [0.25, 0.3) is 0 Å². The average molecular weight is 416 g/mol. The largest absolute Gasteiger partial charge is 0.356 e. The first-order chi connectivity index (χ1) is 12.8. The van der Waals surface area contributed by atoms with Crippen LogP contribution in [0.15, 0.2) is 22.5 Å². The van der Waals surface area contributed by atoms with Crippen molar-refractivity contribution in [3.05, 3.63) is 22.4 Å². The summed E-state index contributed by atoms with van der Waals surface area (Å²) in [5.41, 5.74) is 0. The highest BCUT2D eigenvalue weighted by atomic mass is 32.2. The topological polar surface area (TPSA) is 94.1 Å². The van der Waals surface area contributed by atoms with Gasteiger partial charge in [0.05, 0.1) is 5.25 Å². The molecule has 8 nitrogen and oxygen atoms in total. The van der Waals surface area contributed by atoms with Gasteiger partial charge in [-0.2, -0.15) is 0 Å². The SMILES string of the molecule is CCNS(=O)(=O)C1CCN(C(=NCC(=O)N(C)C)NCCc2cccs2)C1. The molecule has 2 heterocycles. The lowest BCUT2D eigenvalue weighted by Gasteiger charge is -2.22. The zero-order chi connectivity index (χ0) is 19.9. The highest BCUT2D eigenvalue weighted by Crippen LogP contribution is 2.16. The zero-order valence-electron chi connectivity index (χ0n) is 16.1. The molecule has 1 aromatic heterocycles. The number of likely N-dealkylation sites (N-methyl/N-ethyl adjacent to an activating group) is 1. The molecule has 1 fully saturated rings. The second-order valence-corrected chi connectivity index (χ2v) is 9.66. The van der Waals surface area contributed by atoms with Crippen LogP contribution >= 0.6 is 11.3 Å². The number of sulfonamides is 1. The summed E-state index contributed by atoms with van der Waals surface area (Å²) in [5.74, 6) is 0.500. The van der Waals surface area contributed by atoms with E-state index in [-0.39, 0.29) is 12.5 Å². The van der Waals surface area contributed by atoms with Gasteiger partial charge in [-0.1, -0.05) is 13.0 Å². The van der Waals surface area contributed by atoms with E-state index in [0.717, 1.165) is 6.42 Å². The maximum absolute atomic E-state index is 12.3. The van der Waals surface area contributed by atoms with Crippen LogP contribution in [0.4, 0.5) is 0 Å². The number of aliphatic imine (C=N–C) groups is 1. The average Bonchev–Trinajstić information content (AvgIpc) is 3.29. The standard InChI is InChI=1S/C17H29N5O3S2/c1-4-20-27(24,25)15-8-10-22(13-15)17(19-12-16(23)21(2)3)18-9-7-14-6-5-11-26-14/h5-6,11,15,20H,4,7-10,12-13H2,1-3H3,(H,18,19). The Labute approximate surface area is 165 Å². The van der Waals surface area contributed by atoms with Crippen molar-refractivity contribution in [1.29, 1.82) is 0 Å². The van der Waals surface area contributed by atoms with Crippen molar-refractivity contribution < 1.29 is 13.2 Å². The summed E-state index contributed by atoms with van der Waals surface area (Å²) in [6.45, 7) is 3.84. The monoisotopic (exact) mass is 415 g/mol. The van der Waals surface area contributed by atoms with Gasteiger partial charge in [0.1, 0.15) is 6.54 Å². The Morgan fingerprint density at radius 2 is 2.22 bits per heavy atom. The fraction of sp³-hybridized carbons (Fsp3) is 0.647. The van der Waals surface area contributed by atoms with Crippen LogP contribution < -0.4 is 10.0 Å². The summed E-state index contributed by atoms with van der Waals surface area (Å²) in [5, 5.41) is 4.87. The molecule has 1 aliphatic rings. The van der Waals surface area contributed by atoms with Crippen molar-refractivity contribution in [2.45, 2.75) is 25.0 Å². The number of rotatable bonds is 8. The Balaban J connectivity index is 2.02. The maximum atomic E-state index is 12.3. The van der Waals surface area contributed by atoms with Crippen LogP contribution in [0.1, 0.15) is 18.2 Å². The predicted octanol–water partition coefficient (Wildman–Crippen LogP) is 0.338. The molecule has 1 aromatic rings. The number of guanidine groups is 1. The number of hydrogen-bond donors (Lipinski definition) is 2. The van der Waals surface area contributed by atoms with Gasteiger partial charge >= 0.3 is 0 Å². The van der Waals surface area contributed by atoms with Gasteiger partial charge in [-0.15, -0.1) is 11.3 Å². The van der Waals surface area contributed by atoms with Crippen molar-refractivity contribution in [2.75, 3.05) is 46.8 Å². The Morgan fingerprint density at radius 1 is 1.44 bits per heavy atom. The Kier molecular flexibility index (Phi) is 8.06. The number of nitrogens with zero attached hydrogens (tertiary/aromatic N) is 3. The smallest absolute Gasteiger partial charge is 0.243 e. The first kappa shape index (κ1) is 21.6. The normalized spacial score (nSPS) is 18.0. The van der Waals surface area contributed by atoms with Crippen molar-refractivity contribution in [3.8, 4) is 0 Å². The van der Waals surface area contributed by atoms with Crippen molar-refractivity contribution >= 4 is 33.2 Å². The van der Waals surface area contributed by atoms with E-state index in [4.69, 9.17) is 0 Å². The summed E-state index contributed by atoms with van der Waals surface area (Å²) >= 11 is 1.70. The summed E-state index contributed by atoms with van der Waals surface area (Å²) < 4.78 is 27.1. The number of nitrogens with one attached hydrogen (secondary N) is 2. The molecule has 0 aliphatic carbocycles. The van der Waals surface area contributed by atoms with Crippen LogP contribution in [-0.4, -0.2) is 82.2 Å². The minimum absolute atomic E-state index is 0.0372. The molecule has 0 saturated carbocycles. The molecule has 1 amide bonds. The lowest BCUT2D eigenvalue weighted by molar-refractivity contribution is -0.127. The minimum Gasteiger partial charge on any atom is -0.356 e. The third-order valence-corrected chi connectivity index (χ3v) is 7.22. The Hall–Kier alpha value is -1.65.